The molecule has 1 fully saturated rings. The monoisotopic (exact) mass is 504 g/mol. The number of halogens is 1. The van der Waals surface area contributed by atoms with E-state index in [1.807, 2.05) is 29.2 Å². The molecule has 2 heterocycles. The van der Waals surface area contributed by atoms with Crippen LogP contribution in [0.25, 0.3) is 11.1 Å². The molecule has 168 valence electrons. The van der Waals surface area contributed by atoms with Crippen molar-refractivity contribution in [3.8, 4) is 11.1 Å². The number of fused-ring (bicyclic) bond motifs is 6. The van der Waals surface area contributed by atoms with Crippen LogP contribution in [0.3, 0.4) is 0 Å². The summed E-state index contributed by atoms with van der Waals surface area (Å²) in [7, 11) is 0. The number of benzene rings is 3. The predicted molar refractivity (Wildman–Crippen MR) is 131 cm³/mol. The number of carbonyl (C=O) groups is 1. The molecule has 3 atom stereocenters. The van der Waals surface area contributed by atoms with Gasteiger partial charge in [0.1, 0.15) is 6.61 Å². The molecule has 0 bridgehead atoms. The van der Waals surface area contributed by atoms with Gasteiger partial charge in [0.05, 0.1) is 18.7 Å². The lowest BCUT2D eigenvalue weighted by atomic mass is 9.83. The number of aliphatic hydroxyl groups is 1. The third kappa shape index (κ3) is 3.35. The minimum Gasteiger partial charge on any atom is -0.448 e. The Kier molecular flexibility index (Phi) is 5.15. The number of ether oxygens (including phenoxy) is 1. The smallest absolute Gasteiger partial charge is 0.410 e. The first kappa shape index (κ1) is 20.8. The number of carbonyl (C=O) groups excluding carboxylic acids is 1. The van der Waals surface area contributed by atoms with Crippen LogP contribution in [-0.4, -0.2) is 41.9 Å². The van der Waals surface area contributed by atoms with Crippen molar-refractivity contribution >= 4 is 27.7 Å². The number of hydrogen-bond donors (Lipinski definition) is 2. The molecule has 0 saturated carbocycles. The zero-order chi connectivity index (χ0) is 22.5. The molecule has 1 amide bonds. The van der Waals surface area contributed by atoms with Crippen LogP contribution in [0.15, 0.2) is 71.2 Å². The number of hydrogen-bond acceptors (Lipinski definition) is 4. The molecule has 0 spiro atoms. The molecule has 1 saturated heterocycles. The molecule has 0 aromatic heterocycles. The number of likely N-dealkylation sites (tertiary alicyclic amines) is 1. The van der Waals surface area contributed by atoms with Gasteiger partial charge in [0.2, 0.25) is 0 Å². The number of nitrogens with one attached hydrogen (secondary N) is 1. The first-order valence-electron chi connectivity index (χ1n) is 11.4. The summed E-state index contributed by atoms with van der Waals surface area (Å²) in [6.07, 6.45) is 0.549. The van der Waals surface area contributed by atoms with E-state index in [0.29, 0.717) is 13.2 Å². The van der Waals surface area contributed by atoms with E-state index >= 15 is 0 Å². The first-order valence-corrected chi connectivity index (χ1v) is 12.2. The maximum absolute atomic E-state index is 13.4. The number of rotatable bonds is 3. The Balaban J connectivity index is 1.26. The normalized spacial score (nSPS) is 22.7. The van der Waals surface area contributed by atoms with Crippen LogP contribution < -0.4 is 5.32 Å². The summed E-state index contributed by atoms with van der Waals surface area (Å²) in [5, 5.41) is 13.4. The van der Waals surface area contributed by atoms with Gasteiger partial charge >= 0.3 is 6.09 Å². The summed E-state index contributed by atoms with van der Waals surface area (Å²) in [4.78, 5) is 15.2. The summed E-state index contributed by atoms with van der Waals surface area (Å²) >= 11 is 3.57. The Morgan fingerprint density at radius 2 is 1.73 bits per heavy atom. The lowest BCUT2D eigenvalue weighted by Gasteiger charge is -2.38. The van der Waals surface area contributed by atoms with E-state index < -0.39 is 0 Å². The summed E-state index contributed by atoms with van der Waals surface area (Å²) in [6, 6.07) is 22.6. The summed E-state index contributed by atoms with van der Waals surface area (Å²) in [5.74, 6) is 0.191. The van der Waals surface area contributed by atoms with Crippen molar-refractivity contribution < 1.29 is 14.6 Å². The van der Waals surface area contributed by atoms with Gasteiger partial charge in [-0.3, -0.25) is 0 Å². The lowest BCUT2D eigenvalue weighted by Crippen LogP contribution is -2.43. The van der Waals surface area contributed by atoms with Crippen LogP contribution in [0, 0.1) is 5.92 Å². The van der Waals surface area contributed by atoms with Gasteiger partial charge in [-0.1, -0.05) is 64.5 Å². The fourth-order valence-electron chi connectivity index (χ4n) is 5.92. The second-order valence-electron chi connectivity index (χ2n) is 9.06. The van der Waals surface area contributed by atoms with Crippen LogP contribution in [0.4, 0.5) is 10.5 Å². The Morgan fingerprint density at radius 1 is 1.03 bits per heavy atom. The van der Waals surface area contributed by atoms with Gasteiger partial charge in [0.25, 0.3) is 0 Å². The molecule has 0 radical (unpaired) electrons. The number of aliphatic hydroxyl groups excluding tert-OH is 1. The average molecular weight is 505 g/mol. The van der Waals surface area contributed by atoms with Gasteiger partial charge in [-0.25, -0.2) is 4.79 Å². The molecule has 3 aromatic rings. The maximum atomic E-state index is 13.4. The van der Waals surface area contributed by atoms with Gasteiger partial charge < -0.3 is 20.1 Å². The van der Waals surface area contributed by atoms with E-state index in [1.165, 1.54) is 22.3 Å². The van der Waals surface area contributed by atoms with E-state index in [0.717, 1.165) is 22.1 Å². The van der Waals surface area contributed by atoms with Crippen LogP contribution in [-0.2, 0) is 4.74 Å². The molecule has 2 N–H and O–H groups in total. The predicted octanol–water partition coefficient (Wildman–Crippen LogP) is 5.55. The van der Waals surface area contributed by atoms with Crippen LogP contribution in [0.2, 0.25) is 0 Å². The average Bonchev–Trinajstić information content (AvgIpc) is 3.43. The third-order valence-corrected chi connectivity index (χ3v) is 7.90. The molecule has 2 aliphatic heterocycles. The molecule has 6 rings (SSSR count). The highest BCUT2D eigenvalue weighted by atomic mass is 79.9. The van der Waals surface area contributed by atoms with Gasteiger partial charge in [-0.2, -0.15) is 0 Å². The molecule has 33 heavy (non-hydrogen) atoms. The van der Waals surface area contributed by atoms with Gasteiger partial charge in [0.15, 0.2) is 0 Å². The fraction of sp³-hybridized carbons (Fsp3) is 0.296. The Labute approximate surface area is 201 Å². The molecule has 0 unspecified atom stereocenters. The number of amides is 1. The minimum absolute atomic E-state index is 0.0369. The number of anilines is 1. The summed E-state index contributed by atoms with van der Waals surface area (Å²) in [5.41, 5.74) is 6.91. The molecule has 5 nitrogen and oxygen atoms in total. The Morgan fingerprint density at radius 3 is 2.42 bits per heavy atom. The van der Waals surface area contributed by atoms with E-state index in [4.69, 9.17) is 4.74 Å². The zero-order valence-corrected chi connectivity index (χ0v) is 19.7. The van der Waals surface area contributed by atoms with E-state index in [9.17, 15) is 9.90 Å². The van der Waals surface area contributed by atoms with E-state index in [1.54, 1.807) is 0 Å². The third-order valence-electron chi connectivity index (χ3n) is 7.40. The van der Waals surface area contributed by atoms with Gasteiger partial charge in [0, 0.05) is 28.5 Å². The highest BCUT2D eigenvalue weighted by Gasteiger charge is 2.46. The van der Waals surface area contributed by atoms with Crippen molar-refractivity contribution in [1.29, 1.82) is 0 Å². The van der Waals surface area contributed by atoms with E-state index in [-0.39, 0.29) is 36.6 Å². The van der Waals surface area contributed by atoms with Crippen molar-refractivity contribution in [1.82, 2.24) is 4.90 Å². The quantitative estimate of drug-likeness (QED) is 0.490. The van der Waals surface area contributed by atoms with Crippen molar-refractivity contribution in [3.63, 3.8) is 0 Å². The van der Waals surface area contributed by atoms with Crippen LogP contribution in [0.1, 0.15) is 35.1 Å². The Hall–Kier alpha value is -2.83. The lowest BCUT2D eigenvalue weighted by molar-refractivity contribution is 0.0877. The Bertz CT molecular complexity index is 1180. The molecule has 3 aliphatic rings. The second kappa shape index (κ2) is 8.19. The van der Waals surface area contributed by atoms with Gasteiger partial charge in [-0.05, 0) is 52.4 Å². The highest BCUT2D eigenvalue weighted by Crippen LogP contribution is 2.48. The minimum atomic E-state index is -0.283. The highest BCUT2D eigenvalue weighted by molar-refractivity contribution is 9.10. The van der Waals surface area contributed by atoms with Crippen molar-refractivity contribution in [2.45, 2.75) is 24.4 Å². The fourth-order valence-corrected chi connectivity index (χ4v) is 6.29. The molecule has 1 aliphatic carbocycles. The van der Waals surface area contributed by atoms with Crippen molar-refractivity contribution in [2.75, 3.05) is 25.1 Å². The molecule has 3 aromatic carbocycles. The van der Waals surface area contributed by atoms with Crippen LogP contribution in [0.5, 0.6) is 0 Å². The van der Waals surface area contributed by atoms with Crippen LogP contribution >= 0.6 is 15.9 Å². The summed E-state index contributed by atoms with van der Waals surface area (Å²) in [6.45, 7) is 0.971. The van der Waals surface area contributed by atoms with Crippen molar-refractivity contribution in [3.05, 3.63) is 87.9 Å². The maximum Gasteiger partial charge on any atom is 0.410 e. The topological polar surface area (TPSA) is 61.8 Å². The van der Waals surface area contributed by atoms with Crippen molar-refractivity contribution in [2.24, 2.45) is 5.92 Å². The first-order chi connectivity index (χ1) is 16.2. The standard InChI is InChI=1S/C27H25BrN2O3/c28-16-9-10-24-22(13-16)26-21(25(14-31)29-24)11-12-30(26)27(32)33-15-23-19-7-3-1-5-17(19)18-6-2-4-8-20(18)23/h1-10,13,21,23,25-26,29,31H,11-12,14-15H2/t21-,25+,26-/m0/s1. The second-order valence-corrected chi connectivity index (χ2v) is 9.98. The largest absolute Gasteiger partial charge is 0.448 e. The molecule has 6 heteroatoms. The zero-order valence-electron chi connectivity index (χ0n) is 18.1. The van der Waals surface area contributed by atoms with E-state index in [2.05, 4.69) is 63.7 Å². The summed E-state index contributed by atoms with van der Waals surface area (Å²) < 4.78 is 6.95. The molecular formula is C27H25BrN2O3. The number of nitrogens with zero attached hydrogens (tertiary/aromatic N) is 1. The molecular weight excluding hydrogens is 480 g/mol. The SMILES string of the molecule is O=C(OCC1c2ccccc2-c2ccccc21)N1CC[C@@H]2[C@H]1c1cc(Br)ccc1N[C@@H]2CO. The van der Waals surface area contributed by atoms with Gasteiger partial charge in [-0.15, -0.1) is 0 Å².